The summed E-state index contributed by atoms with van der Waals surface area (Å²) in [4.78, 5) is 0. The Labute approximate surface area is 76.9 Å². The van der Waals surface area contributed by atoms with Crippen molar-refractivity contribution < 1.29 is 8.42 Å². The molecule has 13 heavy (non-hydrogen) atoms. The Morgan fingerprint density at radius 3 is 2.46 bits per heavy atom. The van der Waals surface area contributed by atoms with Crippen LogP contribution < -0.4 is 5.32 Å². The molecule has 74 valence electrons. The molecule has 0 fully saturated rings. The number of hydrogen-bond acceptors (Lipinski definition) is 5. The smallest absolute Gasteiger partial charge is 0.224 e. The van der Waals surface area contributed by atoms with Gasteiger partial charge in [-0.25, -0.2) is 8.42 Å². The highest BCUT2D eigenvalue weighted by atomic mass is 32.2. The van der Waals surface area contributed by atoms with E-state index in [2.05, 4.69) is 15.5 Å². The monoisotopic (exact) mass is 204 g/mol. The van der Waals surface area contributed by atoms with Gasteiger partial charge in [0, 0.05) is 20.4 Å². The highest BCUT2D eigenvalue weighted by Gasteiger charge is 2.12. The molecule has 0 amide bonds. The van der Waals surface area contributed by atoms with Crippen molar-refractivity contribution in [2.45, 2.75) is 5.75 Å². The summed E-state index contributed by atoms with van der Waals surface area (Å²) in [5.74, 6) is 0.906. The molecule has 0 saturated carbocycles. The summed E-state index contributed by atoms with van der Waals surface area (Å²) in [5.41, 5.74) is 0. The molecule has 0 unspecified atom stereocenters. The maximum atomic E-state index is 10.9. The Morgan fingerprint density at radius 1 is 1.46 bits per heavy atom. The molecule has 1 aromatic rings. The number of hydrogen-bond donors (Lipinski definition) is 1. The summed E-state index contributed by atoms with van der Waals surface area (Å²) in [5, 5.41) is 10.3. The highest BCUT2D eigenvalue weighted by molar-refractivity contribution is 7.89. The predicted octanol–water partition coefficient (Wildman–Crippen LogP) is -0.599. The van der Waals surface area contributed by atoms with Crippen LogP contribution in [0.4, 0.5) is 5.95 Å². The lowest BCUT2D eigenvalue weighted by atomic mass is 10.7. The van der Waals surface area contributed by atoms with Gasteiger partial charge in [0.05, 0.1) is 0 Å². The molecule has 1 aromatic heterocycles. The quantitative estimate of drug-likeness (QED) is 0.711. The normalized spacial score (nSPS) is 11.6. The van der Waals surface area contributed by atoms with E-state index < -0.39 is 9.84 Å². The first-order valence-corrected chi connectivity index (χ1v) is 5.74. The minimum atomic E-state index is -3.05. The van der Waals surface area contributed by atoms with E-state index in [4.69, 9.17) is 0 Å². The van der Waals surface area contributed by atoms with Crippen LogP contribution in [0.5, 0.6) is 0 Å². The Hall–Kier alpha value is -1.11. The fraction of sp³-hybridized carbons (Fsp3) is 0.667. The molecule has 0 saturated heterocycles. The zero-order valence-electron chi connectivity index (χ0n) is 7.77. The van der Waals surface area contributed by atoms with Gasteiger partial charge in [-0.3, -0.25) is 4.57 Å². The fourth-order valence-corrected chi connectivity index (χ4v) is 1.66. The molecule has 0 aliphatic rings. The van der Waals surface area contributed by atoms with Crippen molar-refractivity contribution in [3.63, 3.8) is 0 Å². The van der Waals surface area contributed by atoms with Crippen LogP contribution in [0.1, 0.15) is 5.82 Å². The van der Waals surface area contributed by atoms with Crippen LogP contribution in [0, 0.1) is 0 Å². The molecule has 0 spiro atoms. The number of nitrogens with one attached hydrogen (secondary N) is 1. The number of rotatable bonds is 3. The molecule has 0 aromatic carbocycles. The van der Waals surface area contributed by atoms with Crippen LogP contribution in [0.25, 0.3) is 0 Å². The number of nitrogens with zero attached hydrogens (tertiary/aromatic N) is 3. The van der Waals surface area contributed by atoms with E-state index in [1.807, 2.05) is 0 Å². The maximum absolute atomic E-state index is 10.9. The van der Waals surface area contributed by atoms with Gasteiger partial charge in [0.25, 0.3) is 0 Å². The lowest BCUT2D eigenvalue weighted by Gasteiger charge is -2.01. The number of aromatic nitrogens is 3. The molecular weight excluding hydrogens is 192 g/mol. The maximum Gasteiger partial charge on any atom is 0.224 e. The van der Waals surface area contributed by atoms with E-state index in [-0.39, 0.29) is 5.75 Å². The number of sulfone groups is 1. The predicted molar refractivity (Wildman–Crippen MR) is 49.1 cm³/mol. The summed E-state index contributed by atoms with van der Waals surface area (Å²) in [7, 11) is 0.372. The zero-order chi connectivity index (χ0) is 10.1. The first-order valence-electron chi connectivity index (χ1n) is 3.68. The Morgan fingerprint density at radius 2 is 2.08 bits per heavy atom. The summed E-state index contributed by atoms with van der Waals surface area (Å²) in [6, 6.07) is 0. The Bertz CT molecular complexity index is 395. The fourth-order valence-electron chi connectivity index (χ4n) is 0.939. The van der Waals surface area contributed by atoms with Gasteiger partial charge in [-0.1, -0.05) is 0 Å². The van der Waals surface area contributed by atoms with Gasteiger partial charge in [0.2, 0.25) is 5.95 Å². The van der Waals surface area contributed by atoms with E-state index in [0.717, 1.165) is 0 Å². The standard InChI is InChI=1S/C6H12N4O2S/c1-7-6-9-8-5(10(6)2)4-13(3,11)12/h4H2,1-3H3,(H,7,9). The highest BCUT2D eigenvalue weighted by Crippen LogP contribution is 2.06. The van der Waals surface area contributed by atoms with E-state index in [0.29, 0.717) is 11.8 Å². The van der Waals surface area contributed by atoms with Gasteiger partial charge in [0.15, 0.2) is 9.84 Å². The molecule has 1 heterocycles. The molecule has 1 rings (SSSR count). The minimum absolute atomic E-state index is 0.0851. The molecule has 0 bridgehead atoms. The van der Waals surface area contributed by atoms with Crippen LogP contribution in [0.3, 0.4) is 0 Å². The largest absolute Gasteiger partial charge is 0.357 e. The van der Waals surface area contributed by atoms with Gasteiger partial charge in [-0.2, -0.15) is 0 Å². The molecule has 0 aliphatic heterocycles. The first kappa shape index (κ1) is 9.97. The summed E-state index contributed by atoms with van der Waals surface area (Å²) >= 11 is 0. The second-order valence-electron chi connectivity index (χ2n) is 2.82. The Kier molecular flexibility index (Phi) is 2.55. The zero-order valence-corrected chi connectivity index (χ0v) is 8.59. The molecule has 6 nitrogen and oxygen atoms in total. The van der Waals surface area contributed by atoms with Crippen LogP contribution in [-0.4, -0.2) is 36.5 Å². The average Bonchev–Trinajstić information content (AvgIpc) is 2.30. The van der Waals surface area contributed by atoms with Gasteiger partial charge in [-0.15, -0.1) is 10.2 Å². The van der Waals surface area contributed by atoms with Gasteiger partial charge < -0.3 is 5.32 Å². The van der Waals surface area contributed by atoms with Crippen LogP contribution in [-0.2, 0) is 22.6 Å². The molecule has 0 aliphatic carbocycles. The van der Waals surface area contributed by atoms with Crippen molar-refractivity contribution in [1.29, 1.82) is 0 Å². The first-order chi connectivity index (χ1) is 5.94. The van der Waals surface area contributed by atoms with Crippen molar-refractivity contribution in [1.82, 2.24) is 14.8 Å². The third-order valence-corrected chi connectivity index (χ3v) is 2.36. The van der Waals surface area contributed by atoms with Crippen molar-refractivity contribution in [3.05, 3.63) is 5.82 Å². The number of anilines is 1. The lowest BCUT2D eigenvalue weighted by molar-refractivity contribution is 0.598. The third kappa shape index (κ3) is 2.41. The van der Waals surface area contributed by atoms with Crippen molar-refractivity contribution in [3.8, 4) is 0 Å². The third-order valence-electron chi connectivity index (χ3n) is 1.58. The topological polar surface area (TPSA) is 76.9 Å². The summed E-state index contributed by atoms with van der Waals surface area (Å²) < 4.78 is 23.5. The van der Waals surface area contributed by atoms with Gasteiger partial charge in [0.1, 0.15) is 11.6 Å². The molecule has 0 atom stereocenters. The van der Waals surface area contributed by atoms with Crippen LogP contribution in [0.2, 0.25) is 0 Å². The van der Waals surface area contributed by atoms with Crippen molar-refractivity contribution >= 4 is 15.8 Å². The molecule has 0 radical (unpaired) electrons. The van der Waals surface area contributed by atoms with Crippen molar-refractivity contribution in [2.24, 2.45) is 7.05 Å². The van der Waals surface area contributed by atoms with Gasteiger partial charge >= 0.3 is 0 Å². The second kappa shape index (κ2) is 3.33. The lowest BCUT2D eigenvalue weighted by Crippen LogP contribution is -2.08. The van der Waals surface area contributed by atoms with E-state index in [1.165, 1.54) is 6.26 Å². The Balaban J connectivity index is 2.97. The van der Waals surface area contributed by atoms with Crippen molar-refractivity contribution in [2.75, 3.05) is 18.6 Å². The summed E-state index contributed by atoms with van der Waals surface area (Å²) in [6.45, 7) is 0. The minimum Gasteiger partial charge on any atom is -0.357 e. The average molecular weight is 204 g/mol. The molecular formula is C6H12N4O2S. The van der Waals surface area contributed by atoms with Gasteiger partial charge in [-0.05, 0) is 0 Å². The van der Waals surface area contributed by atoms with Crippen LogP contribution >= 0.6 is 0 Å². The van der Waals surface area contributed by atoms with E-state index in [1.54, 1.807) is 18.7 Å². The second-order valence-corrected chi connectivity index (χ2v) is 4.96. The SMILES string of the molecule is CNc1nnc(CS(C)(=O)=O)n1C. The van der Waals surface area contributed by atoms with Crippen LogP contribution in [0.15, 0.2) is 0 Å². The molecule has 1 N–H and O–H groups in total. The van der Waals surface area contributed by atoms with E-state index >= 15 is 0 Å². The summed E-state index contributed by atoms with van der Waals surface area (Å²) in [6.07, 6.45) is 1.17. The van der Waals surface area contributed by atoms with E-state index in [9.17, 15) is 8.42 Å². The molecule has 7 heteroatoms.